The molecule has 0 aliphatic carbocycles. The first-order valence-corrected chi connectivity index (χ1v) is 9.15. The third-order valence-electron chi connectivity index (χ3n) is 3.11. The van der Waals surface area contributed by atoms with Crippen LogP contribution in [0.2, 0.25) is 0 Å². The van der Waals surface area contributed by atoms with Gasteiger partial charge in [0.15, 0.2) is 0 Å². The van der Waals surface area contributed by atoms with Crippen molar-refractivity contribution in [2.75, 3.05) is 11.6 Å². The van der Waals surface area contributed by atoms with Crippen LogP contribution in [0, 0.1) is 0 Å². The van der Waals surface area contributed by atoms with Gasteiger partial charge in [0.25, 0.3) is 0 Å². The van der Waals surface area contributed by atoms with Crippen LogP contribution in [0.15, 0.2) is 30.3 Å². The highest BCUT2D eigenvalue weighted by atomic mass is 35.5. The van der Waals surface area contributed by atoms with Gasteiger partial charge in [0, 0.05) is 11.4 Å². The van der Waals surface area contributed by atoms with Crippen LogP contribution in [-0.2, 0) is 16.4 Å². The molecule has 0 unspecified atom stereocenters. The molecule has 0 amide bonds. The molecule has 0 radical (unpaired) electrons. The molecule has 0 spiro atoms. The quantitative estimate of drug-likeness (QED) is 0.561. The largest absolute Gasteiger partial charge is 0.212 e. The number of benzene rings is 1. The van der Waals surface area contributed by atoms with Crippen LogP contribution in [0.3, 0.4) is 0 Å². The van der Waals surface area contributed by atoms with Gasteiger partial charge in [-0.25, -0.2) is 13.1 Å². The Kier molecular flexibility index (Phi) is 7.00. The van der Waals surface area contributed by atoms with E-state index < -0.39 is 15.6 Å². The highest BCUT2D eigenvalue weighted by Gasteiger charge is 2.24. The minimum absolute atomic E-state index is 0.147. The summed E-state index contributed by atoms with van der Waals surface area (Å²) in [7, 11) is -3.22. The third kappa shape index (κ3) is 7.27. The van der Waals surface area contributed by atoms with Gasteiger partial charge in [-0.1, -0.05) is 30.3 Å². The maximum atomic E-state index is 12.0. The molecule has 3 nitrogen and oxygen atoms in total. The van der Waals surface area contributed by atoms with E-state index in [1.807, 2.05) is 32.0 Å². The molecule has 0 saturated carbocycles. The van der Waals surface area contributed by atoms with E-state index in [0.717, 1.165) is 19.3 Å². The van der Waals surface area contributed by atoms with Crippen LogP contribution >= 0.6 is 11.6 Å². The molecule has 5 heteroatoms. The van der Waals surface area contributed by atoms with Crippen LogP contribution in [0.1, 0.15) is 38.7 Å². The molecule has 0 atom stereocenters. The highest BCUT2D eigenvalue weighted by molar-refractivity contribution is 7.89. The monoisotopic (exact) mass is 317 g/mol. The average molecular weight is 318 g/mol. The van der Waals surface area contributed by atoms with Gasteiger partial charge in [0.05, 0.1) is 5.75 Å². The summed E-state index contributed by atoms with van der Waals surface area (Å²) < 4.78 is 26.7. The van der Waals surface area contributed by atoms with Crippen molar-refractivity contribution >= 4 is 21.6 Å². The van der Waals surface area contributed by atoms with E-state index in [2.05, 4.69) is 16.9 Å². The Morgan fingerprint density at radius 3 is 2.40 bits per heavy atom. The van der Waals surface area contributed by atoms with Crippen molar-refractivity contribution in [2.24, 2.45) is 0 Å². The topological polar surface area (TPSA) is 46.2 Å². The number of sulfonamides is 1. The molecule has 0 bridgehead atoms. The summed E-state index contributed by atoms with van der Waals surface area (Å²) in [5.41, 5.74) is 0.789. The van der Waals surface area contributed by atoms with Crippen molar-refractivity contribution in [1.82, 2.24) is 4.72 Å². The van der Waals surface area contributed by atoms with Crippen LogP contribution in [0.25, 0.3) is 0 Å². The Balaban J connectivity index is 2.47. The number of aryl methyl sites for hydroxylation is 1. The number of hydrogen-bond donors (Lipinski definition) is 1. The van der Waals surface area contributed by atoms with Crippen molar-refractivity contribution in [3.8, 4) is 0 Å². The second-order valence-electron chi connectivity index (χ2n) is 5.69. The van der Waals surface area contributed by atoms with E-state index in [9.17, 15) is 8.42 Å². The standard InChI is InChI=1S/C15H24ClNO2S/c1-15(2,11-10-14-8-4-3-5-9-14)17-20(18,19)13-7-6-12-16/h3-5,8-9,17H,6-7,10-13H2,1-2H3. The van der Waals surface area contributed by atoms with Gasteiger partial charge >= 0.3 is 0 Å². The molecule has 0 saturated heterocycles. The lowest BCUT2D eigenvalue weighted by Gasteiger charge is -2.26. The molecule has 1 aromatic carbocycles. The molecular formula is C15H24ClNO2S. The van der Waals surface area contributed by atoms with E-state index in [-0.39, 0.29) is 5.75 Å². The number of halogens is 1. The fourth-order valence-corrected chi connectivity index (χ4v) is 3.83. The van der Waals surface area contributed by atoms with Crippen molar-refractivity contribution in [2.45, 2.75) is 45.1 Å². The summed E-state index contributed by atoms with van der Waals surface area (Å²) >= 11 is 5.57. The molecule has 0 aliphatic heterocycles. The van der Waals surface area contributed by atoms with Crippen LogP contribution in [-0.4, -0.2) is 25.6 Å². The number of unbranched alkanes of at least 4 members (excludes halogenated alkanes) is 1. The SMILES string of the molecule is CC(C)(CCc1ccccc1)NS(=O)(=O)CCCCCl. The minimum Gasteiger partial charge on any atom is -0.212 e. The summed E-state index contributed by atoms with van der Waals surface area (Å²) in [5.74, 6) is 0.654. The molecule has 0 heterocycles. The van der Waals surface area contributed by atoms with Gasteiger partial charge in [-0.05, 0) is 45.1 Å². The fourth-order valence-electron chi connectivity index (χ4n) is 2.01. The first-order chi connectivity index (χ1) is 9.35. The molecule has 20 heavy (non-hydrogen) atoms. The first kappa shape index (κ1) is 17.5. The van der Waals surface area contributed by atoms with Gasteiger partial charge in [-0.2, -0.15) is 0 Å². The lowest BCUT2D eigenvalue weighted by atomic mass is 9.97. The van der Waals surface area contributed by atoms with Gasteiger partial charge in [0.2, 0.25) is 10.0 Å². The number of nitrogens with one attached hydrogen (secondary N) is 1. The Hall–Kier alpha value is -0.580. The summed E-state index contributed by atoms with van der Waals surface area (Å²) in [6.45, 7) is 3.85. The summed E-state index contributed by atoms with van der Waals surface area (Å²) in [5, 5.41) is 0. The summed E-state index contributed by atoms with van der Waals surface area (Å²) in [4.78, 5) is 0. The first-order valence-electron chi connectivity index (χ1n) is 6.96. The van der Waals surface area contributed by atoms with Crippen LogP contribution in [0.5, 0.6) is 0 Å². The Morgan fingerprint density at radius 1 is 1.15 bits per heavy atom. The van der Waals surface area contributed by atoms with Crippen molar-refractivity contribution in [3.05, 3.63) is 35.9 Å². The minimum atomic E-state index is -3.22. The summed E-state index contributed by atoms with van der Waals surface area (Å²) in [6, 6.07) is 10.1. The second kappa shape index (κ2) is 8.01. The van der Waals surface area contributed by atoms with Crippen molar-refractivity contribution < 1.29 is 8.42 Å². The van der Waals surface area contributed by atoms with Crippen molar-refractivity contribution in [1.29, 1.82) is 0 Å². The molecular weight excluding hydrogens is 294 g/mol. The molecule has 1 N–H and O–H groups in total. The van der Waals surface area contributed by atoms with Gasteiger partial charge in [0.1, 0.15) is 0 Å². The molecule has 0 aliphatic rings. The predicted molar refractivity (Wildman–Crippen MR) is 85.7 cm³/mol. The molecule has 1 rings (SSSR count). The molecule has 0 fully saturated rings. The normalized spacial score (nSPS) is 12.6. The maximum absolute atomic E-state index is 12.0. The van der Waals surface area contributed by atoms with E-state index in [1.165, 1.54) is 5.56 Å². The molecule has 1 aromatic rings. The Labute approximate surface area is 127 Å². The van der Waals surface area contributed by atoms with Crippen molar-refractivity contribution in [3.63, 3.8) is 0 Å². The van der Waals surface area contributed by atoms with E-state index in [4.69, 9.17) is 11.6 Å². The maximum Gasteiger partial charge on any atom is 0.212 e. The van der Waals surface area contributed by atoms with Crippen LogP contribution < -0.4 is 4.72 Å². The van der Waals surface area contributed by atoms with Gasteiger partial charge < -0.3 is 0 Å². The lowest BCUT2D eigenvalue weighted by molar-refractivity contribution is 0.422. The average Bonchev–Trinajstić information content (AvgIpc) is 2.37. The van der Waals surface area contributed by atoms with Crippen LogP contribution in [0.4, 0.5) is 0 Å². The van der Waals surface area contributed by atoms with E-state index in [1.54, 1.807) is 0 Å². The number of rotatable bonds is 9. The van der Waals surface area contributed by atoms with Gasteiger partial charge in [-0.3, -0.25) is 0 Å². The molecule has 0 aromatic heterocycles. The molecule has 114 valence electrons. The second-order valence-corrected chi connectivity index (χ2v) is 7.91. The van der Waals surface area contributed by atoms with E-state index >= 15 is 0 Å². The van der Waals surface area contributed by atoms with E-state index in [0.29, 0.717) is 12.3 Å². The number of alkyl halides is 1. The summed E-state index contributed by atoms with van der Waals surface area (Å²) in [6.07, 6.45) is 2.96. The van der Waals surface area contributed by atoms with Gasteiger partial charge in [-0.15, -0.1) is 11.6 Å². The Morgan fingerprint density at radius 2 is 1.80 bits per heavy atom. The third-order valence-corrected chi connectivity index (χ3v) is 5.07. The predicted octanol–water partition coefficient (Wildman–Crippen LogP) is 3.34. The Bertz CT molecular complexity index is 486. The smallest absolute Gasteiger partial charge is 0.212 e. The zero-order chi connectivity index (χ0) is 15.1. The fraction of sp³-hybridized carbons (Fsp3) is 0.600. The number of hydrogen-bond acceptors (Lipinski definition) is 2. The highest BCUT2D eigenvalue weighted by Crippen LogP contribution is 2.15. The zero-order valence-corrected chi connectivity index (χ0v) is 13.8. The lowest BCUT2D eigenvalue weighted by Crippen LogP contribution is -2.44. The zero-order valence-electron chi connectivity index (χ0n) is 12.2.